The third-order valence-corrected chi connectivity index (χ3v) is 3.71. The van der Waals surface area contributed by atoms with Crippen LogP contribution in [0.25, 0.3) is 0 Å². The smallest absolute Gasteiger partial charge is 0.240 e. The van der Waals surface area contributed by atoms with Gasteiger partial charge in [0.1, 0.15) is 0 Å². The van der Waals surface area contributed by atoms with Gasteiger partial charge in [0.25, 0.3) is 0 Å². The van der Waals surface area contributed by atoms with Crippen LogP contribution in [0, 0.1) is 5.92 Å². The van der Waals surface area contributed by atoms with Gasteiger partial charge in [-0.3, -0.25) is 10.1 Å². The second kappa shape index (κ2) is 4.12. The molecule has 0 spiro atoms. The number of hydrogen-bond acceptors (Lipinski definition) is 2. The van der Waals surface area contributed by atoms with E-state index >= 15 is 0 Å². The summed E-state index contributed by atoms with van der Waals surface area (Å²) in [5.41, 5.74) is 0. The van der Waals surface area contributed by atoms with E-state index in [1.54, 1.807) is 0 Å². The molecule has 0 radical (unpaired) electrons. The topological polar surface area (TPSA) is 32.3 Å². The molecule has 1 aliphatic carbocycles. The monoisotopic (exact) mass is 210 g/mol. The largest absolute Gasteiger partial charge is 0.323 e. The van der Waals surface area contributed by atoms with E-state index in [1.807, 2.05) is 6.92 Å². The molecule has 1 heterocycles. The molecule has 15 heavy (non-hydrogen) atoms. The lowest BCUT2D eigenvalue weighted by Crippen LogP contribution is -2.44. The summed E-state index contributed by atoms with van der Waals surface area (Å²) in [7, 11) is 0. The van der Waals surface area contributed by atoms with Crippen LogP contribution in [0.3, 0.4) is 0 Å². The fourth-order valence-corrected chi connectivity index (χ4v) is 2.60. The third-order valence-electron chi connectivity index (χ3n) is 3.71. The first kappa shape index (κ1) is 10.9. The van der Waals surface area contributed by atoms with Crippen molar-refractivity contribution in [2.75, 3.05) is 0 Å². The summed E-state index contributed by atoms with van der Waals surface area (Å²) in [6, 6.07) is 0.453. The zero-order valence-electron chi connectivity index (χ0n) is 9.99. The maximum Gasteiger partial charge on any atom is 0.240 e. The van der Waals surface area contributed by atoms with Crippen molar-refractivity contribution in [2.45, 2.75) is 64.7 Å². The van der Waals surface area contributed by atoms with Crippen molar-refractivity contribution in [3.63, 3.8) is 0 Å². The van der Waals surface area contributed by atoms with Gasteiger partial charge in [-0.1, -0.05) is 13.3 Å². The predicted molar refractivity (Wildman–Crippen MR) is 60.3 cm³/mol. The van der Waals surface area contributed by atoms with Crippen molar-refractivity contribution in [3.05, 3.63) is 0 Å². The highest BCUT2D eigenvalue weighted by molar-refractivity contribution is 5.84. The van der Waals surface area contributed by atoms with E-state index in [0.29, 0.717) is 11.9 Å². The molecule has 2 aliphatic rings. The molecule has 0 bridgehead atoms. The van der Waals surface area contributed by atoms with Crippen LogP contribution in [0.15, 0.2) is 0 Å². The van der Waals surface area contributed by atoms with Crippen molar-refractivity contribution in [3.8, 4) is 0 Å². The molecule has 86 valence electrons. The quantitative estimate of drug-likeness (QED) is 0.766. The number of nitrogens with one attached hydrogen (secondary N) is 1. The molecule has 3 unspecified atom stereocenters. The Labute approximate surface area is 92.2 Å². The maximum atomic E-state index is 12.0. The molecule has 3 heteroatoms. The number of hydrogen-bond donors (Lipinski definition) is 1. The van der Waals surface area contributed by atoms with Gasteiger partial charge < -0.3 is 4.90 Å². The lowest BCUT2D eigenvalue weighted by molar-refractivity contribution is -0.132. The van der Waals surface area contributed by atoms with Crippen molar-refractivity contribution < 1.29 is 4.79 Å². The fourth-order valence-electron chi connectivity index (χ4n) is 2.60. The van der Waals surface area contributed by atoms with Crippen LogP contribution >= 0.6 is 0 Å². The van der Waals surface area contributed by atoms with Gasteiger partial charge >= 0.3 is 0 Å². The van der Waals surface area contributed by atoms with Crippen molar-refractivity contribution in [1.82, 2.24) is 10.2 Å². The molecule has 3 nitrogen and oxygen atoms in total. The Balaban J connectivity index is 2.06. The highest BCUT2D eigenvalue weighted by Crippen LogP contribution is 2.37. The minimum atomic E-state index is 0.0164. The Morgan fingerprint density at radius 3 is 2.73 bits per heavy atom. The number of amides is 1. The molecular formula is C12H22N2O. The third kappa shape index (κ3) is 2.03. The van der Waals surface area contributed by atoms with Crippen LogP contribution in [0.5, 0.6) is 0 Å². The van der Waals surface area contributed by atoms with E-state index in [0.717, 1.165) is 18.8 Å². The van der Waals surface area contributed by atoms with Crippen LogP contribution in [0.2, 0.25) is 0 Å². The average Bonchev–Trinajstić information content (AvgIpc) is 2.97. The van der Waals surface area contributed by atoms with Crippen LogP contribution < -0.4 is 5.32 Å². The summed E-state index contributed by atoms with van der Waals surface area (Å²) < 4.78 is 0. The summed E-state index contributed by atoms with van der Waals surface area (Å²) >= 11 is 0. The Kier molecular flexibility index (Phi) is 3.01. The first-order chi connectivity index (χ1) is 7.15. The van der Waals surface area contributed by atoms with E-state index < -0.39 is 0 Å². The second-order valence-electron chi connectivity index (χ2n) is 5.02. The number of nitrogens with zero attached hydrogens (tertiary/aromatic N) is 1. The molecule has 0 aromatic rings. The van der Waals surface area contributed by atoms with E-state index in [-0.39, 0.29) is 12.2 Å². The minimum Gasteiger partial charge on any atom is -0.323 e. The highest BCUT2D eigenvalue weighted by atomic mass is 16.2. The molecule has 1 saturated carbocycles. The summed E-state index contributed by atoms with van der Waals surface area (Å²) in [5.74, 6) is 1.06. The lowest BCUT2D eigenvalue weighted by Gasteiger charge is -2.30. The molecule has 1 saturated heterocycles. The van der Waals surface area contributed by atoms with E-state index in [9.17, 15) is 4.79 Å². The van der Waals surface area contributed by atoms with Crippen LogP contribution in [-0.4, -0.2) is 29.1 Å². The second-order valence-corrected chi connectivity index (χ2v) is 5.02. The molecule has 1 N–H and O–H groups in total. The van der Waals surface area contributed by atoms with Gasteiger partial charge in [0.05, 0.1) is 12.2 Å². The summed E-state index contributed by atoms with van der Waals surface area (Å²) in [6.45, 7) is 6.36. The Morgan fingerprint density at radius 2 is 2.20 bits per heavy atom. The fraction of sp³-hybridized carbons (Fsp3) is 0.917. The molecule has 0 aromatic carbocycles. The van der Waals surface area contributed by atoms with Gasteiger partial charge in [-0.05, 0) is 39.0 Å². The summed E-state index contributed by atoms with van der Waals surface area (Å²) in [4.78, 5) is 14.1. The van der Waals surface area contributed by atoms with Gasteiger partial charge in [0.15, 0.2) is 0 Å². The summed E-state index contributed by atoms with van der Waals surface area (Å²) in [6.07, 6.45) is 5.10. The van der Waals surface area contributed by atoms with Gasteiger partial charge in [-0.2, -0.15) is 0 Å². The molecule has 3 atom stereocenters. The Hall–Kier alpha value is -0.570. The number of rotatable bonds is 4. The summed E-state index contributed by atoms with van der Waals surface area (Å²) in [5, 5.41) is 3.39. The van der Waals surface area contributed by atoms with Crippen LogP contribution in [-0.2, 0) is 4.79 Å². The SMILES string of the molecule is CCCC1NC(C)C(=O)N1C(C)C1CC1. The Morgan fingerprint density at radius 1 is 1.53 bits per heavy atom. The standard InChI is InChI=1S/C12H22N2O/c1-4-5-11-13-8(2)12(15)14(11)9(3)10-6-7-10/h8-11,13H,4-7H2,1-3H3. The molecule has 0 aromatic heterocycles. The van der Waals surface area contributed by atoms with Gasteiger partial charge in [0.2, 0.25) is 5.91 Å². The molecule has 2 rings (SSSR count). The van der Waals surface area contributed by atoms with E-state index in [1.165, 1.54) is 12.8 Å². The maximum absolute atomic E-state index is 12.0. The average molecular weight is 210 g/mol. The van der Waals surface area contributed by atoms with E-state index in [4.69, 9.17) is 0 Å². The van der Waals surface area contributed by atoms with Gasteiger partial charge in [0, 0.05) is 6.04 Å². The van der Waals surface area contributed by atoms with E-state index in [2.05, 4.69) is 24.1 Å². The molecular weight excluding hydrogens is 188 g/mol. The zero-order valence-corrected chi connectivity index (χ0v) is 9.99. The van der Waals surface area contributed by atoms with Crippen LogP contribution in [0.4, 0.5) is 0 Å². The van der Waals surface area contributed by atoms with Crippen molar-refractivity contribution in [2.24, 2.45) is 5.92 Å². The number of carbonyl (C=O) groups excluding carboxylic acids is 1. The van der Waals surface area contributed by atoms with Gasteiger partial charge in [-0.25, -0.2) is 0 Å². The lowest BCUT2D eigenvalue weighted by atomic mass is 10.1. The minimum absolute atomic E-state index is 0.0164. The normalized spacial score (nSPS) is 33.5. The van der Waals surface area contributed by atoms with Crippen molar-refractivity contribution in [1.29, 1.82) is 0 Å². The molecule has 1 amide bonds. The highest BCUT2D eigenvalue weighted by Gasteiger charge is 2.43. The number of carbonyl (C=O) groups is 1. The first-order valence-corrected chi connectivity index (χ1v) is 6.23. The van der Waals surface area contributed by atoms with Crippen LogP contribution in [0.1, 0.15) is 46.5 Å². The zero-order chi connectivity index (χ0) is 11.0. The first-order valence-electron chi connectivity index (χ1n) is 6.23. The Bertz CT molecular complexity index is 250. The molecule has 2 fully saturated rings. The van der Waals surface area contributed by atoms with Gasteiger partial charge in [-0.15, -0.1) is 0 Å². The van der Waals surface area contributed by atoms with Crippen molar-refractivity contribution >= 4 is 5.91 Å². The predicted octanol–water partition coefficient (Wildman–Crippen LogP) is 1.73. The molecule has 1 aliphatic heterocycles.